The molecule has 1 N–H and O–H groups in total. The number of nitriles is 1. The normalized spacial score (nSPS) is 21.1. The molecule has 0 spiro atoms. The van der Waals surface area contributed by atoms with E-state index in [2.05, 4.69) is 17.5 Å². The minimum absolute atomic E-state index is 0.325. The molecule has 1 aromatic rings. The molecule has 23 heavy (non-hydrogen) atoms. The lowest BCUT2D eigenvalue weighted by atomic mass is 9.80. The molecule has 1 aliphatic heterocycles. The summed E-state index contributed by atoms with van der Waals surface area (Å²) < 4.78 is 5.06. The van der Waals surface area contributed by atoms with Gasteiger partial charge in [0.25, 0.3) is 0 Å². The molecule has 1 aliphatic carbocycles. The van der Waals surface area contributed by atoms with E-state index >= 15 is 0 Å². The Balaban J connectivity index is 2.23. The predicted molar refractivity (Wildman–Crippen MR) is 89.7 cm³/mol. The van der Waals surface area contributed by atoms with Crippen LogP contribution in [0.25, 0.3) is 0 Å². The fourth-order valence-corrected chi connectivity index (χ4v) is 4.24. The first-order valence-corrected chi connectivity index (χ1v) is 8.56. The van der Waals surface area contributed by atoms with E-state index in [1.54, 1.807) is 11.3 Å². The van der Waals surface area contributed by atoms with Gasteiger partial charge >= 0.3 is 5.97 Å². The molecule has 2 aliphatic rings. The number of ether oxygens (including phenoxy) is 1. The van der Waals surface area contributed by atoms with Gasteiger partial charge in [-0.25, -0.2) is 4.79 Å². The SMILES string of the molecule is COC(=O)C1=C(C2CC2)NC(C)=C(C#N)C1c1cc(C)sc1C. The van der Waals surface area contributed by atoms with Gasteiger partial charge < -0.3 is 10.1 Å². The summed E-state index contributed by atoms with van der Waals surface area (Å²) in [5.74, 6) is -0.288. The van der Waals surface area contributed by atoms with Crippen LogP contribution in [-0.4, -0.2) is 13.1 Å². The van der Waals surface area contributed by atoms with Crippen LogP contribution >= 0.6 is 11.3 Å². The minimum atomic E-state index is -0.340. The largest absolute Gasteiger partial charge is 0.466 e. The highest BCUT2D eigenvalue weighted by atomic mass is 32.1. The van der Waals surface area contributed by atoms with Crippen LogP contribution in [0.15, 0.2) is 28.6 Å². The molecule has 5 heteroatoms. The first-order chi connectivity index (χ1) is 11.0. The number of aryl methyl sites for hydroxylation is 2. The number of hydrogen-bond acceptors (Lipinski definition) is 5. The Morgan fingerprint density at radius 1 is 1.39 bits per heavy atom. The number of esters is 1. The van der Waals surface area contributed by atoms with E-state index in [1.165, 1.54) is 12.0 Å². The van der Waals surface area contributed by atoms with E-state index in [0.717, 1.165) is 34.7 Å². The highest BCUT2D eigenvalue weighted by molar-refractivity contribution is 7.12. The van der Waals surface area contributed by atoms with Gasteiger partial charge in [0.2, 0.25) is 0 Å². The van der Waals surface area contributed by atoms with E-state index in [-0.39, 0.29) is 11.9 Å². The van der Waals surface area contributed by atoms with Gasteiger partial charge in [-0.15, -0.1) is 11.3 Å². The lowest BCUT2D eigenvalue weighted by Gasteiger charge is -2.29. The first kappa shape index (κ1) is 15.8. The summed E-state index contributed by atoms with van der Waals surface area (Å²) in [4.78, 5) is 14.9. The van der Waals surface area contributed by atoms with Crippen LogP contribution in [0.4, 0.5) is 0 Å². The van der Waals surface area contributed by atoms with Crippen molar-refractivity contribution < 1.29 is 9.53 Å². The second-order valence-electron chi connectivity index (χ2n) is 6.17. The maximum Gasteiger partial charge on any atom is 0.336 e. The zero-order valence-corrected chi connectivity index (χ0v) is 14.6. The molecule has 1 unspecified atom stereocenters. The molecule has 0 saturated heterocycles. The summed E-state index contributed by atoms with van der Waals surface area (Å²) >= 11 is 1.70. The third-order valence-electron chi connectivity index (χ3n) is 4.50. The van der Waals surface area contributed by atoms with Crippen LogP contribution in [0.1, 0.15) is 41.0 Å². The van der Waals surface area contributed by atoms with Gasteiger partial charge in [0.1, 0.15) is 0 Å². The molecule has 120 valence electrons. The standard InChI is InChI=1S/C18H20N2O2S/c1-9-7-13(11(3)23-9)15-14(8-19)10(2)20-17(12-5-6-12)16(15)18(21)22-4/h7,12,15,20H,5-6H2,1-4H3. The second kappa shape index (κ2) is 5.86. The van der Waals surface area contributed by atoms with Gasteiger partial charge in [-0.1, -0.05) is 0 Å². The number of thiophene rings is 1. The van der Waals surface area contributed by atoms with Crippen LogP contribution in [0, 0.1) is 31.1 Å². The van der Waals surface area contributed by atoms with Gasteiger partial charge in [0, 0.05) is 21.1 Å². The number of nitrogens with one attached hydrogen (secondary N) is 1. The third kappa shape index (κ3) is 2.68. The Labute approximate surface area is 140 Å². The van der Waals surface area contributed by atoms with E-state index in [1.807, 2.05) is 20.8 Å². The van der Waals surface area contributed by atoms with Crippen molar-refractivity contribution in [2.75, 3.05) is 7.11 Å². The van der Waals surface area contributed by atoms with Crippen molar-refractivity contribution in [2.45, 2.75) is 39.5 Å². The number of methoxy groups -OCH3 is 1. The van der Waals surface area contributed by atoms with Crippen LogP contribution in [0.5, 0.6) is 0 Å². The molecule has 1 saturated carbocycles. The van der Waals surface area contributed by atoms with Crippen LogP contribution in [0.2, 0.25) is 0 Å². The quantitative estimate of drug-likeness (QED) is 0.860. The summed E-state index contributed by atoms with van der Waals surface area (Å²) in [5, 5.41) is 13.0. The Kier molecular flexibility index (Phi) is 4.03. The number of nitrogens with zero attached hydrogens (tertiary/aromatic N) is 1. The van der Waals surface area contributed by atoms with Crippen molar-refractivity contribution >= 4 is 17.3 Å². The van der Waals surface area contributed by atoms with Crippen molar-refractivity contribution in [2.24, 2.45) is 5.92 Å². The molecular weight excluding hydrogens is 308 g/mol. The number of dihydropyridines is 1. The molecule has 1 fully saturated rings. The Hall–Kier alpha value is -2.06. The number of carbonyl (C=O) groups excluding carboxylic acids is 1. The summed E-state index contributed by atoms with van der Waals surface area (Å²) in [6.45, 7) is 6.01. The lowest BCUT2D eigenvalue weighted by Crippen LogP contribution is -2.30. The third-order valence-corrected chi connectivity index (χ3v) is 5.48. The van der Waals surface area contributed by atoms with Crippen molar-refractivity contribution in [3.05, 3.63) is 43.9 Å². The van der Waals surface area contributed by atoms with E-state index < -0.39 is 0 Å². The number of allylic oxidation sites excluding steroid dienone is 3. The van der Waals surface area contributed by atoms with Gasteiger partial charge in [0.15, 0.2) is 0 Å². The maximum atomic E-state index is 12.5. The highest BCUT2D eigenvalue weighted by Crippen LogP contribution is 2.47. The van der Waals surface area contributed by atoms with Gasteiger partial charge in [-0.2, -0.15) is 5.26 Å². The lowest BCUT2D eigenvalue weighted by molar-refractivity contribution is -0.136. The smallest absolute Gasteiger partial charge is 0.336 e. The van der Waals surface area contributed by atoms with Crippen LogP contribution in [-0.2, 0) is 9.53 Å². The molecular formula is C18H20N2O2S. The average molecular weight is 328 g/mol. The summed E-state index contributed by atoms with van der Waals surface area (Å²) in [6.07, 6.45) is 2.15. The molecule has 1 aromatic heterocycles. The molecule has 0 radical (unpaired) electrons. The summed E-state index contributed by atoms with van der Waals surface area (Å²) in [6, 6.07) is 4.40. The van der Waals surface area contributed by atoms with Crippen LogP contribution in [0.3, 0.4) is 0 Å². The van der Waals surface area contributed by atoms with Gasteiger partial charge in [-0.05, 0) is 51.2 Å². The minimum Gasteiger partial charge on any atom is -0.466 e. The monoisotopic (exact) mass is 328 g/mol. The summed E-state index contributed by atoms with van der Waals surface area (Å²) in [7, 11) is 1.40. The fraction of sp³-hybridized carbons (Fsp3) is 0.444. The van der Waals surface area contributed by atoms with E-state index in [0.29, 0.717) is 17.1 Å². The molecule has 3 rings (SSSR count). The zero-order valence-electron chi connectivity index (χ0n) is 13.8. The number of carbonyl (C=O) groups is 1. The number of hydrogen-bond donors (Lipinski definition) is 1. The molecule has 0 amide bonds. The Morgan fingerprint density at radius 2 is 2.09 bits per heavy atom. The Bertz CT molecular complexity index is 775. The second-order valence-corrected chi connectivity index (χ2v) is 7.63. The van der Waals surface area contributed by atoms with Crippen molar-refractivity contribution in [1.29, 1.82) is 5.26 Å². The van der Waals surface area contributed by atoms with Crippen LogP contribution < -0.4 is 5.32 Å². The van der Waals surface area contributed by atoms with Gasteiger partial charge in [0.05, 0.1) is 30.2 Å². The molecule has 0 aromatic carbocycles. The van der Waals surface area contributed by atoms with Crippen molar-refractivity contribution in [3.63, 3.8) is 0 Å². The van der Waals surface area contributed by atoms with Gasteiger partial charge in [-0.3, -0.25) is 0 Å². The average Bonchev–Trinajstić information content (AvgIpc) is 3.30. The number of rotatable bonds is 3. The fourth-order valence-electron chi connectivity index (χ4n) is 3.28. The molecule has 0 bridgehead atoms. The van der Waals surface area contributed by atoms with Crippen molar-refractivity contribution in [3.8, 4) is 6.07 Å². The summed E-state index contributed by atoms with van der Waals surface area (Å²) in [5.41, 5.74) is 4.05. The van der Waals surface area contributed by atoms with E-state index in [4.69, 9.17) is 4.74 Å². The first-order valence-electron chi connectivity index (χ1n) is 7.75. The van der Waals surface area contributed by atoms with Crippen molar-refractivity contribution in [1.82, 2.24) is 5.32 Å². The molecule has 4 nitrogen and oxygen atoms in total. The Morgan fingerprint density at radius 3 is 2.57 bits per heavy atom. The molecule has 2 heterocycles. The maximum absolute atomic E-state index is 12.5. The zero-order chi connectivity index (χ0) is 16.7. The highest BCUT2D eigenvalue weighted by Gasteiger charge is 2.41. The topological polar surface area (TPSA) is 62.1 Å². The van der Waals surface area contributed by atoms with E-state index in [9.17, 15) is 10.1 Å². The predicted octanol–water partition coefficient (Wildman–Crippen LogP) is 3.69. The molecule has 1 atom stereocenters.